The number of carbonyl (C=O) groups excluding carboxylic acids is 1. The molecule has 1 heterocycles. The van der Waals surface area contributed by atoms with Gasteiger partial charge in [-0.3, -0.25) is 9.52 Å². The zero-order chi connectivity index (χ0) is 26.8. The van der Waals surface area contributed by atoms with E-state index in [9.17, 15) is 9.59 Å². The number of nitrogens with zero attached hydrogens (tertiary/aromatic N) is 2. The number of hydrogen-bond donors (Lipinski definition) is 2. The second-order valence-electron chi connectivity index (χ2n) is 8.96. The molecule has 2 N–H and O–H groups in total. The Balaban J connectivity index is 0.000000434. The Bertz CT molecular complexity index is 1000. The summed E-state index contributed by atoms with van der Waals surface area (Å²) in [6.45, 7) is 12.0. The molecule has 8 nitrogen and oxygen atoms in total. The molecule has 2 aromatic rings. The van der Waals surface area contributed by atoms with Gasteiger partial charge in [0.25, 0.3) is 0 Å². The van der Waals surface area contributed by atoms with Crippen molar-refractivity contribution < 1.29 is 24.2 Å². The number of benzene rings is 1. The Morgan fingerprint density at radius 3 is 2.20 bits per heavy atom. The van der Waals surface area contributed by atoms with E-state index in [4.69, 9.17) is 37.8 Å². The lowest BCUT2D eigenvalue weighted by Crippen LogP contribution is -2.34. The average molecular weight is 564 g/mol. The molecule has 0 spiro atoms. The standard InChI is InChI=1S/C14H13Cl2N3O3S.C9H19O2P/c1-2-3-22-11-4-10(16)12(5-9(11)15)23-19-14-17-6-8(7-18-14)13(20)21;1-8(2,3)11-7(10)9(4,5)6-12/h4-7H,2-3H2,1H3,(H,20,21)(H,17,18,19);6,12H2,1-5H3. The second kappa shape index (κ2) is 14.1. The molecule has 1 atom stereocenters. The van der Waals surface area contributed by atoms with Crippen LogP contribution in [0, 0.1) is 5.41 Å². The van der Waals surface area contributed by atoms with Gasteiger partial charge in [0, 0.05) is 23.4 Å². The topological polar surface area (TPSA) is 111 Å². The van der Waals surface area contributed by atoms with Crippen LogP contribution in [0.5, 0.6) is 5.75 Å². The van der Waals surface area contributed by atoms with Gasteiger partial charge in [-0.25, -0.2) is 14.8 Å². The summed E-state index contributed by atoms with van der Waals surface area (Å²) in [5.74, 6) is -0.421. The normalized spacial score (nSPS) is 11.2. The van der Waals surface area contributed by atoms with Gasteiger partial charge >= 0.3 is 11.9 Å². The minimum atomic E-state index is -1.08. The Morgan fingerprint density at radius 1 is 1.11 bits per heavy atom. The number of ether oxygens (including phenoxy) is 2. The number of carbonyl (C=O) groups is 2. The number of aromatic carboxylic acids is 1. The van der Waals surface area contributed by atoms with Gasteiger partial charge in [0.1, 0.15) is 11.4 Å². The van der Waals surface area contributed by atoms with E-state index in [0.717, 1.165) is 12.6 Å². The summed E-state index contributed by atoms with van der Waals surface area (Å²) in [4.78, 5) is 30.7. The molecule has 0 bridgehead atoms. The number of halogens is 2. The maximum Gasteiger partial charge on any atom is 0.338 e. The quantitative estimate of drug-likeness (QED) is 0.197. The number of aromatic nitrogens is 2. The molecule has 35 heavy (non-hydrogen) atoms. The molecule has 0 aliphatic rings. The SMILES string of the molecule is CC(C)(C)OC(=O)C(C)(C)CP.CCCOc1cc(Cl)c(SNc2ncc(C(=O)O)cn2)cc1Cl. The molecule has 2 rings (SSSR count). The summed E-state index contributed by atoms with van der Waals surface area (Å²) < 4.78 is 13.6. The van der Waals surface area contributed by atoms with E-state index >= 15 is 0 Å². The van der Waals surface area contributed by atoms with E-state index in [1.54, 1.807) is 12.1 Å². The zero-order valence-electron chi connectivity index (χ0n) is 20.6. The molecule has 194 valence electrons. The van der Waals surface area contributed by atoms with E-state index in [1.807, 2.05) is 41.5 Å². The number of carboxylic acids is 1. The van der Waals surface area contributed by atoms with Crippen molar-refractivity contribution >= 4 is 62.3 Å². The van der Waals surface area contributed by atoms with Gasteiger partial charge in [-0.2, -0.15) is 0 Å². The van der Waals surface area contributed by atoms with Crippen LogP contribution in [0.3, 0.4) is 0 Å². The number of esters is 1. The van der Waals surface area contributed by atoms with Crippen molar-refractivity contribution in [2.24, 2.45) is 5.41 Å². The summed E-state index contributed by atoms with van der Waals surface area (Å²) >= 11 is 13.5. The Labute approximate surface area is 223 Å². The number of carboxylic acid groups (broad SMARTS) is 1. The third kappa shape index (κ3) is 11.2. The third-order valence-corrected chi connectivity index (χ3v) is 6.64. The van der Waals surface area contributed by atoms with Crippen LogP contribution in [0.25, 0.3) is 0 Å². The molecule has 0 radical (unpaired) electrons. The molecule has 0 aliphatic carbocycles. The van der Waals surface area contributed by atoms with Crippen LogP contribution in [0.2, 0.25) is 10.0 Å². The van der Waals surface area contributed by atoms with Crippen molar-refractivity contribution in [3.8, 4) is 5.75 Å². The summed E-state index contributed by atoms with van der Waals surface area (Å²) in [6.07, 6.45) is 4.03. The molecule has 0 saturated heterocycles. The Hall–Kier alpha value is -1.80. The summed E-state index contributed by atoms with van der Waals surface area (Å²) in [5, 5.41) is 9.71. The van der Waals surface area contributed by atoms with Crippen LogP contribution >= 0.6 is 44.4 Å². The van der Waals surface area contributed by atoms with E-state index < -0.39 is 11.4 Å². The van der Waals surface area contributed by atoms with Gasteiger partial charge in [0.05, 0.1) is 27.6 Å². The van der Waals surface area contributed by atoms with E-state index in [2.05, 4.69) is 23.9 Å². The van der Waals surface area contributed by atoms with Crippen LogP contribution in [-0.2, 0) is 9.53 Å². The molecule has 0 aliphatic heterocycles. The number of rotatable bonds is 9. The fourth-order valence-electron chi connectivity index (χ4n) is 2.00. The number of hydrogen-bond acceptors (Lipinski definition) is 8. The van der Waals surface area contributed by atoms with E-state index in [1.165, 1.54) is 24.3 Å². The molecule has 0 amide bonds. The highest BCUT2D eigenvalue weighted by atomic mass is 35.5. The molecular weight excluding hydrogens is 532 g/mol. The average Bonchev–Trinajstić information content (AvgIpc) is 2.78. The van der Waals surface area contributed by atoms with Crippen LogP contribution in [0.15, 0.2) is 29.4 Å². The maximum atomic E-state index is 11.5. The number of anilines is 1. The first-order valence-electron chi connectivity index (χ1n) is 10.7. The predicted octanol–water partition coefficient (Wildman–Crippen LogP) is 6.62. The van der Waals surface area contributed by atoms with Gasteiger partial charge < -0.3 is 14.6 Å². The van der Waals surface area contributed by atoms with Crippen molar-refractivity contribution in [3.05, 3.63) is 40.1 Å². The van der Waals surface area contributed by atoms with Gasteiger partial charge in [-0.05, 0) is 65.2 Å². The summed E-state index contributed by atoms with van der Waals surface area (Å²) in [7, 11) is 2.56. The highest BCUT2D eigenvalue weighted by molar-refractivity contribution is 8.00. The lowest BCUT2D eigenvalue weighted by atomic mass is 9.96. The predicted molar refractivity (Wildman–Crippen MR) is 145 cm³/mol. The molecule has 0 fully saturated rings. The van der Waals surface area contributed by atoms with E-state index in [-0.39, 0.29) is 23.1 Å². The maximum absolute atomic E-state index is 11.5. The van der Waals surface area contributed by atoms with Gasteiger partial charge in [0.2, 0.25) is 5.95 Å². The first kappa shape index (κ1) is 31.2. The van der Waals surface area contributed by atoms with Crippen molar-refractivity contribution in [2.45, 2.75) is 58.5 Å². The largest absolute Gasteiger partial charge is 0.492 e. The smallest absolute Gasteiger partial charge is 0.338 e. The lowest BCUT2D eigenvalue weighted by Gasteiger charge is -2.27. The molecular formula is C23H32Cl2N3O5PS. The molecule has 1 aromatic heterocycles. The van der Waals surface area contributed by atoms with Gasteiger partial charge in [0.15, 0.2) is 0 Å². The van der Waals surface area contributed by atoms with Crippen molar-refractivity contribution in [2.75, 3.05) is 17.5 Å². The van der Waals surface area contributed by atoms with Crippen molar-refractivity contribution in [1.82, 2.24) is 9.97 Å². The Morgan fingerprint density at radius 2 is 1.71 bits per heavy atom. The number of nitrogens with one attached hydrogen (secondary N) is 1. The monoisotopic (exact) mass is 563 g/mol. The first-order valence-corrected chi connectivity index (χ1v) is 13.1. The van der Waals surface area contributed by atoms with Crippen molar-refractivity contribution in [1.29, 1.82) is 0 Å². The molecule has 1 aromatic carbocycles. The Kier molecular flexibility index (Phi) is 12.6. The van der Waals surface area contributed by atoms with Crippen LogP contribution < -0.4 is 9.46 Å². The zero-order valence-corrected chi connectivity index (χ0v) is 24.1. The highest BCUT2D eigenvalue weighted by Crippen LogP contribution is 2.36. The minimum absolute atomic E-state index is 0.0130. The van der Waals surface area contributed by atoms with Crippen LogP contribution in [0.4, 0.5) is 5.95 Å². The summed E-state index contributed by atoms with van der Waals surface area (Å²) in [6, 6.07) is 3.33. The highest BCUT2D eigenvalue weighted by Gasteiger charge is 2.30. The fourth-order valence-corrected chi connectivity index (χ4v) is 3.36. The fraction of sp³-hybridized carbons (Fsp3) is 0.478. The first-order chi connectivity index (χ1) is 16.2. The van der Waals surface area contributed by atoms with E-state index in [0.29, 0.717) is 27.3 Å². The molecule has 1 unspecified atom stereocenters. The van der Waals surface area contributed by atoms with Gasteiger partial charge in [-0.15, -0.1) is 9.24 Å². The minimum Gasteiger partial charge on any atom is -0.492 e. The molecule has 12 heteroatoms. The summed E-state index contributed by atoms with van der Waals surface area (Å²) in [5.41, 5.74) is -0.759. The second-order valence-corrected chi connectivity index (χ2v) is 11.0. The molecule has 0 saturated carbocycles. The van der Waals surface area contributed by atoms with Crippen molar-refractivity contribution in [3.63, 3.8) is 0 Å². The van der Waals surface area contributed by atoms with Gasteiger partial charge in [-0.1, -0.05) is 30.1 Å². The lowest BCUT2D eigenvalue weighted by molar-refractivity contribution is -0.164. The van der Waals surface area contributed by atoms with Crippen LogP contribution in [0.1, 0.15) is 58.3 Å². The third-order valence-electron chi connectivity index (χ3n) is 4.06. The van der Waals surface area contributed by atoms with Crippen LogP contribution in [-0.4, -0.2) is 45.4 Å².